The van der Waals surface area contributed by atoms with Crippen molar-refractivity contribution in [2.45, 2.75) is 39.5 Å². The second-order valence-corrected chi connectivity index (χ2v) is 9.05. The molecule has 0 saturated heterocycles. The number of nitrogens with zero attached hydrogens (tertiary/aromatic N) is 2. The second-order valence-electron chi connectivity index (χ2n) is 9.05. The molecule has 0 saturated carbocycles. The Hall–Kier alpha value is -3.46. The molecule has 0 atom stereocenters. The second kappa shape index (κ2) is 7.90. The number of fused-ring (bicyclic) bond motifs is 3. The molecule has 0 aliphatic rings. The van der Waals surface area contributed by atoms with E-state index in [4.69, 9.17) is 12.1 Å². The maximum Gasteiger partial charge on any atom is 0.153 e. The predicted octanol–water partition coefficient (Wildman–Crippen LogP) is 7.57. The monoisotopic (exact) mass is 422 g/mol. The first-order chi connectivity index (χ1) is 16.2. The minimum absolute atomic E-state index is 0.152. The zero-order valence-electron chi connectivity index (χ0n) is 20.9. The number of rotatable bonds is 5. The molecule has 0 spiro atoms. The van der Waals surface area contributed by atoms with Gasteiger partial charge in [0.25, 0.3) is 0 Å². The van der Waals surface area contributed by atoms with E-state index in [2.05, 4.69) is 43.1 Å². The van der Waals surface area contributed by atoms with Crippen molar-refractivity contribution in [3.8, 4) is 11.3 Å². The van der Waals surface area contributed by atoms with Gasteiger partial charge in [0.15, 0.2) is 5.58 Å². The van der Waals surface area contributed by atoms with Crippen LogP contribution in [0.15, 0.2) is 83.4 Å². The summed E-state index contributed by atoms with van der Waals surface area (Å²) in [5.74, 6) is -0.152. The first kappa shape index (κ1) is 18.1. The van der Waals surface area contributed by atoms with E-state index in [1.807, 2.05) is 56.3 Å². The van der Waals surface area contributed by atoms with Gasteiger partial charge >= 0.3 is 0 Å². The van der Waals surface area contributed by atoms with Crippen LogP contribution in [0.25, 0.3) is 33.3 Å². The average molecular weight is 423 g/mol. The molecule has 160 valence electrons. The Labute approximate surface area is 192 Å². The Balaban J connectivity index is 1.66. The van der Waals surface area contributed by atoms with Crippen LogP contribution in [-0.4, -0.2) is 9.97 Å². The smallest absolute Gasteiger partial charge is 0.153 e. The van der Waals surface area contributed by atoms with E-state index in [0.717, 1.165) is 33.3 Å². The largest absolute Gasteiger partial charge is 0.454 e. The van der Waals surface area contributed by atoms with Crippen molar-refractivity contribution in [2.24, 2.45) is 5.92 Å². The summed E-state index contributed by atoms with van der Waals surface area (Å²) in [6, 6.07) is 24.0. The lowest BCUT2D eigenvalue weighted by Gasteiger charge is -2.24. The van der Waals surface area contributed by atoms with Gasteiger partial charge in [0.05, 0.1) is 11.4 Å². The van der Waals surface area contributed by atoms with Crippen molar-refractivity contribution in [1.29, 1.82) is 0 Å². The lowest BCUT2D eigenvalue weighted by atomic mass is 9.81. The lowest BCUT2D eigenvalue weighted by Crippen LogP contribution is -2.20. The zero-order valence-corrected chi connectivity index (χ0v) is 18.9. The Morgan fingerprint density at radius 1 is 0.969 bits per heavy atom. The lowest BCUT2D eigenvalue weighted by molar-refractivity contribution is 0.617. The highest BCUT2D eigenvalue weighted by atomic mass is 16.3. The Morgan fingerprint density at radius 3 is 2.56 bits per heavy atom. The predicted molar refractivity (Wildman–Crippen MR) is 132 cm³/mol. The molecule has 3 aromatic heterocycles. The van der Waals surface area contributed by atoms with Gasteiger partial charge in [-0.1, -0.05) is 64.1 Å². The Kier molecular flexibility index (Phi) is 4.48. The molecule has 5 aromatic rings. The fourth-order valence-electron chi connectivity index (χ4n) is 4.22. The van der Waals surface area contributed by atoms with Gasteiger partial charge in [-0.2, -0.15) is 0 Å². The molecule has 0 aliphatic carbocycles. The SMILES string of the molecule is [2H]C([2H])(c1ccnc(-c2cccc3c2oc2ccc(C(C)(C)c4ccccc4)nc23)c1)C(C)C. The van der Waals surface area contributed by atoms with E-state index < -0.39 is 6.37 Å². The van der Waals surface area contributed by atoms with Gasteiger partial charge in [-0.15, -0.1) is 0 Å². The molecule has 3 nitrogen and oxygen atoms in total. The molecule has 0 fully saturated rings. The topological polar surface area (TPSA) is 38.9 Å². The van der Waals surface area contributed by atoms with Crippen LogP contribution in [0.5, 0.6) is 0 Å². The van der Waals surface area contributed by atoms with Crippen molar-refractivity contribution < 1.29 is 7.16 Å². The molecular formula is C29H28N2O. The van der Waals surface area contributed by atoms with E-state index in [0.29, 0.717) is 11.3 Å². The molecule has 0 radical (unpaired) electrons. The average Bonchev–Trinajstić information content (AvgIpc) is 3.22. The highest BCUT2D eigenvalue weighted by Crippen LogP contribution is 2.37. The Bertz CT molecular complexity index is 1490. The molecule has 0 aliphatic heterocycles. The number of hydrogen-bond donors (Lipinski definition) is 0. The molecule has 0 unspecified atom stereocenters. The van der Waals surface area contributed by atoms with Crippen molar-refractivity contribution in [3.05, 3.63) is 95.8 Å². The molecule has 0 amide bonds. The van der Waals surface area contributed by atoms with Crippen molar-refractivity contribution in [1.82, 2.24) is 9.97 Å². The van der Waals surface area contributed by atoms with Gasteiger partial charge in [0.1, 0.15) is 11.1 Å². The zero-order chi connectivity index (χ0) is 24.1. The van der Waals surface area contributed by atoms with Crippen LogP contribution in [0.4, 0.5) is 0 Å². The first-order valence-corrected chi connectivity index (χ1v) is 11.0. The molecule has 2 aromatic carbocycles. The van der Waals surface area contributed by atoms with E-state index in [-0.39, 0.29) is 11.3 Å². The van der Waals surface area contributed by atoms with Crippen LogP contribution in [-0.2, 0) is 11.8 Å². The first-order valence-electron chi connectivity index (χ1n) is 12.0. The molecule has 0 N–H and O–H groups in total. The van der Waals surface area contributed by atoms with Gasteiger partial charge < -0.3 is 4.42 Å². The third-order valence-electron chi connectivity index (χ3n) is 5.97. The van der Waals surface area contributed by atoms with Gasteiger partial charge in [0.2, 0.25) is 0 Å². The minimum atomic E-state index is -1.45. The summed E-state index contributed by atoms with van der Waals surface area (Å²) < 4.78 is 23.3. The third-order valence-corrected chi connectivity index (χ3v) is 5.97. The maximum atomic E-state index is 8.49. The number of benzene rings is 2. The van der Waals surface area contributed by atoms with Crippen molar-refractivity contribution in [3.63, 3.8) is 0 Å². The van der Waals surface area contributed by atoms with Crippen LogP contribution in [0, 0.1) is 5.92 Å². The summed E-state index contributed by atoms with van der Waals surface area (Å²) in [6.07, 6.45) is 0.226. The summed E-state index contributed by atoms with van der Waals surface area (Å²) >= 11 is 0. The van der Waals surface area contributed by atoms with Crippen LogP contribution in [0.2, 0.25) is 0 Å². The molecule has 5 rings (SSSR count). The number of hydrogen-bond acceptors (Lipinski definition) is 3. The van der Waals surface area contributed by atoms with Gasteiger partial charge in [-0.05, 0) is 59.8 Å². The van der Waals surface area contributed by atoms with Gasteiger partial charge in [-0.25, -0.2) is 4.98 Å². The van der Waals surface area contributed by atoms with E-state index in [1.165, 1.54) is 5.56 Å². The van der Waals surface area contributed by atoms with E-state index in [1.54, 1.807) is 12.3 Å². The number of pyridine rings is 2. The fraction of sp³-hybridized carbons (Fsp3) is 0.241. The van der Waals surface area contributed by atoms with Crippen molar-refractivity contribution >= 4 is 22.1 Å². The quantitative estimate of drug-likeness (QED) is 0.293. The van der Waals surface area contributed by atoms with Gasteiger partial charge in [-0.3, -0.25) is 4.98 Å². The normalized spacial score (nSPS) is 13.5. The summed E-state index contributed by atoms with van der Waals surface area (Å²) in [6.45, 7) is 8.14. The molecule has 3 heteroatoms. The van der Waals surface area contributed by atoms with E-state index >= 15 is 0 Å². The van der Waals surface area contributed by atoms with Crippen molar-refractivity contribution in [2.75, 3.05) is 0 Å². The fourth-order valence-corrected chi connectivity index (χ4v) is 4.22. The Morgan fingerprint density at radius 2 is 1.78 bits per heavy atom. The summed E-state index contributed by atoms with van der Waals surface area (Å²) in [4.78, 5) is 9.60. The highest BCUT2D eigenvalue weighted by Gasteiger charge is 2.26. The van der Waals surface area contributed by atoms with Crippen LogP contribution < -0.4 is 0 Å². The molecule has 0 bridgehead atoms. The summed E-state index contributed by atoms with van der Waals surface area (Å²) in [5, 5.41) is 0.928. The molecular weight excluding hydrogens is 392 g/mol. The highest BCUT2D eigenvalue weighted by molar-refractivity contribution is 6.07. The molecule has 32 heavy (non-hydrogen) atoms. The number of para-hydroxylation sites is 1. The van der Waals surface area contributed by atoms with Crippen LogP contribution >= 0.6 is 0 Å². The minimum Gasteiger partial charge on any atom is -0.454 e. The van der Waals surface area contributed by atoms with E-state index in [9.17, 15) is 0 Å². The maximum absolute atomic E-state index is 8.49. The third kappa shape index (κ3) is 3.58. The van der Waals surface area contributed by atoms with Gasteiger partial charge in [0, 0.05) is 25.3 Å². The molecule has 3 heterocycles. The summed E-state index contributed by atoms with van der Waals surface area (Å²) in [5.41, 5.74) is 6.34. The summed E-state index contributed by atoms with van der Waals surface area (Å²) in [7, 11) is 0. The van der Waals surface area contributed by atoms with Crippen LogP contribution in [0.3, 0.4) is 0 Å². The van der Waals surface area contributed by atoms with Crippen LogP contribution in [0.1, 0.15) is 47.3 Å². The number of furan rings is 1. The standard InChI is InChI=1S/C29H28N2O/c1-19(2)17-20-15-16-30-24(18-20)22-11-8-12-23-27-25(32-28(22)23)13-14-26(31-27)29(3,4)21-9-6-5-7-10-21/h5-16,18-19H,17H2,1-4H3/i17D2. The number of aromatic nitrogens is 2.